The number of rotatable bonds is 5. The zero-order valence-corrected chi connectivity index (χ0v) is 17.2. The summed E-state index contributed by atoms with van der Waals surface area (Å²) in [4.78, 5) is 0. The Hall–Kier alpha value is -2.78. The Labute approximate surface area is 167 Å². The van der Waals surface area contributed by atoms with E-state index in [2.05, 4.69) is 51.7 Å². The second-order valence-electron chi connectivity index (χ2n) is 6.81. The standard InChI is InChI=1S/C19H18N5O2S2/c1-11(2)13-7-8-17-16(10-13)12(3)19(27-17)28(25,26)22-15-6-4-5-14(9-15)18-20-23-24-21-18/h4-11,22H,1-3H3. The first-order valence-electron chi connectivity index (χ1n) is 8.70. The predicted molar refractivity (Wildman–Crippen MR) is 111 cm³/mol. The molecule has 1 aliphatic heterocycles. The number of nitrogens with one attached hydrogen (secondary N) is 1. The van der Waals surface area contributed by atoms with Crippen molar-refractivity contribution in [3.05, 3.63) is 59.2 Å². The number of fused-ring (bicyclic) bond motifs is 1. The summed E-state index contributed by atoms with van der Waals surface area (Å²) in [5, 5.41) is 12.0. The Bertz CT molecular complexity index is 1230. The van der Waals surface area contributed by atoms with Crippen LogP contribution in [-0.4, -0.2) is 14.3 Å². The van der Waals surface area contributed by atoms with Crippen LogP contribution in [0.3, 0.4) is 0 Å². The van der Waals surface area contributed by atoms with Gasteiger partial charge in [-0.1, -0.05) is 32.0 Å². The summed E-state index contributed by atoms with van der Waals surface area (Å²) in [6.45, 7) is 6.09. The monoisotopic (exact) mass is 412 g/mol. The molecule has 0 spiro atoms. The zero-order chi connectivity index (χ0) is 19.9. The number of hydrogen-bond acceptors (Lipinski definition) is 6. The third-order valence-corrected chi connectivity index (χ3v) is 7.79. The van der Waals surface area contributed by atoms with Gasteiger partial charge in [0.2, 0.25) is 5.84 Å². The van der Waals surface area contributed by atoms with Crippen molar-refractivity contribution in [3.63, 3.8) is 0 Å². The molecule has 1 radical (unpaired) electrons. The second kappa shape index (κ2) is 6.99. The van der Waals surface area contributed by atoms with Crippen LogP contribution < -0.4 is 10.3 Å². The maximum Gasteiger partial charge on any atom is 0.271 e. The molecule has 0 saturated carbocycles. The molecule has 1 aliphatic rings. The van der Waals surface area contributed by atoms with E-state index in [0.717, 1.165) is 15.6 Å². The van der Waals surface area contributed by atoms with Gasteiger partial charge in [0.25, 0.3) is 10.0 Å². The molecule has 0 saturated heterocycles. The number of amidine groups is 1. The molecular formula is C19H18N5O2S2. The summed E-state index contributed by atoms with van der Waals surface area (Å²) in [6, 6.07) is 13.0. The number of benzene rings is 2. The Morgan fingerprint density at radius 3 is 2.64 bits per heavy atom. The second-order valence-corrected chi connectivity index (χ2v) is 9.74. The van der Waals surface area contributed by atoms with Crippen molar-refractivity contribution in [2.24, 2.45) is 15.4 Å². The lowest BCUT2D eigenvalue weighted by Gasteiger charge is -2.08. The van der Waals surface area contributed by atoms with Crippen molar-refractivity contribution in [2.45, 2.75) is 30.9 Å². The van der Waals surface area contributed by atoms with Gasteiger partial charge in [-0.05, 0) is 64.4 Å². The van der Waals surface area contributed by atoms with Crippen molar-refractivity contribution < 1.29 is 8.42 Å². The molecule has 0 atom stereocenters. The van der Waals surface area contributed by atoms with E-state index in [1.807, 2.05) is 13.0 Å². The van der Waals surface area contributed by atoms with Crippen LogP contribution in [-0.2, 0) is 10.0 Å². The van der Waals surface area contributed by atoms with E-state index < -0.39 is 10.0 Å². The maximum absolute atomic E-state index is 13.1. The molecule has 1 aromatic heterocycles. The van der Waals surface area contributed by atoms with Crippen molar-refractivity contribution in [2.75, 3.05) is 4.72 Å². The van der Waals surface area contributed by atoms with Gasteiger partial charge < -0.3 is 0 Å². The molecule has 7 nitrogen and oxygen atoms in total. The fourth-order valence-electron chi connectivity index (χ4n) is 3.02. The van der Waals surface area contributed by atoms with Crippen LogP contribution in [0.4, 0.5) is 5.69 Å². The molecule has 2 aromatic carbocycles. The van der Waals surface area contributed by atoms with Gasteiger partial charge in [-0.15, -0.1) is 21.6 Å². The lowest BCUT2D eigenvalue weighted by molar-refractivity contribution is 0.603. The van der Waals surface area contributed by atoms with E-state index >= 15 is 0 Å². The highest BCUT2D eigenvalue weighted by Gasteiger charge is 2.22. The minimum Gasteiger partial charge on any atom is -0.279 e. The number of sulfonamides is 1. The molecule has 0 bridgehead atoms. The minimum atomic E-state index is -3.73. The van der Waals surface area contributed by atoms with Gasteiger partial charge in [0, 0.05) is 16.0 Å². The number of thiophene rings is 1. The molecule has 3 aromatic rings. The van der Waals surface area contributed by atoms with Crippen LogP contribution in [0.2, 0.25) is 0 Å². The van der Waals surface area contributed by atoms with E-state index in [-0.39, 0.29) is 0 Å². The van der Waals surface area contributed by atoms with Gasteiger partial charge in [0.1, 0.15) is 4.21 Å². The first-order valence-corrected chi connectivity index (χ1v) is 11.0. The summed E-state index contributed by atoms with van der Waals surface area (Å²) in [5.41, 5.74) is 6.48. The molecule has 0 aliphatic carbocycles. The highest BCUT2D eigenvalue weighted by atomic mass is 32.2. The Morgan fingerprint density at radius 2 is 1.93 bits per heavy atom. The van der Waals surface area contributed by atoms with Crippen molar-refractivity contribution in [1.29, 1.82) is 0 Å². The summed E-state index contributed by atoms with van der Waals surface area (Å²) in [6.07, 6.45) is 0. The van der Waals surface area contributed by atoms with Crippen LogP contribution in [0.25, 0.3) is 10.1 Å². The quantitative estimate of drug-likeness (QED) is 0.652. The number of hydrogen-bond donors (Lipinski definition) is 1. The largest absolute Gasteiger partial charge is 0.279 e. The molecule has 0 fully saturated rings. The highest BCUT2D eigenvalue weighted by molar-refractivity contribution is 7.94. The topological polar surface area (TPSA) is 97.3 Å². The molecule has 0 unspecified atom stereocenters. The smallest absolute Gasteiger partial charge is 0.271 e. The van der Waals surface area contributed by atoms with Gasteiger partial charge in [-0.2, -0.15) is 0 Å². The molecule has 4 rings (SSSR count). The van der Waals surface area contributed by atoms with Gasteiger partial charge >= 0.3 is 0 Å². The Morgan fingerprint density at radius 1 is 1.11 bits per heavy atom. The normalized spacial score (nSPS) is 13.8. The molecule has 28 heavy (non-hydrogen) atoms. The fraction of sp³-hybridized carbons (Fsp3) is 0.211. The number of aryl methyl sites for hydroxylation is 1. The molecule has 143 valence electrons. The third kappa shape index (κ3) is 3.38. The van der Waals surface area contributed by atoms with Crippen LogP contribution in [0.15, 0.2) is 62.1 Å². The highest BCUT2D eigenvalue weighted by Crippen LogP contribution is 2.36. The first-order chi connectivity index (χ1) is 13.3. The summed E-state index contributed by atoms with van der Waals surface area (Å²) in [7, 11) is -3.73. The molecular weight excluding hydrogens is 394 g/mol. The minimum absolute atomic E-state index is 0.321. The third-order valence-electron chi connectivity index (χ3n) is 4.52. The van der Waals surface area contributed by atoms with Crippen LogP contribution >= 0.6 is 11.3 Å². The number of anilines is 1. The molecule has 1 N–H and O–H groups in total. The van der Waals surface area contributed by atoms with Crippen LogP contribution in [0.1, 0.15) is 36.5 Å². The maximum atomic E-state index is 13.1. The summed E-state index contributed by atoms with van der Waals surface area (Å²) < 4.78 is 30.0. The summed E-state index contributed by atoms with van der Waals surface area (Å²) in [5.74, 6) is 0.729. The molecule has 0 amide bonds. The Kier molecular flexibility index (Phi) is 4.64. The van der Waals surface area contributed by atoms with Gasteiger partial charge in [-0.25, -0.2) is 8.42 Å². The van der Waals surface area contributed by atoms with E-state index in [1.54, 1.807) is 24.3 Å². The molecule has 2 heterocycles. The van der Waals surface area contributed by atoms with Crippen molar-refractivity contribution in [1.82, 2.24) is 5.53 Å². The average molecular weight is 413 g/mol. The van der Waals surface area contributed by atoms with E-state index in [4.69, 9.17) is 0 Å². The lowest BCUT2D eigenvalue weighted by atomic mass is 10.0. The Balaban J connectivity index is 1.70. The average Bonchev–Trinajstić information content (AvgIpc) is 3.30. The number of nitrogens with zero attached hydrogens (tertiary/aromatic N) is 4. The summed E-state index contributed by atoms with van der Waals surface area (Å²) >= 11 is 1.28. The van der Waals surface area contributed by atoms with Gasteiger partial charge in [-0.3, -0.25) is 4.72 Å². The first kappa shape index (κ1) is 18.6. The van der Waals surface area contributed by atoms with Crippen LogP contribution in [0.5, 0.6) is 0 Å². The van der Waals surface area contributed by atoms with E-state index in [0.29, 0.717) is 27.2 Å². The van der Waals surface area contributed by atoms with Crippen molar-refractivity contribution in [3.8, 4) is 0 Å². The fourth-order valence-corrected chi connectivity index (χ4v) is 5.81. The lowest BCUT2D eigenvalue weighted by Crippen LogP contribution is -2.13. The zero-order valence-electron chi connectivity index (χ0n) is 15.5. The van der Waals surface area contributed by atoms with Crippen LogP contribution in [0, 0.1) is 6.92 Å². The molecule has 9 heteroatoms. The SMILES string of the molecule is Cc1c(S(=O)(=O)Nc2cccc(C3=N[N]N=N3)c2)sc2ccc(C(C)C)cc12. The van der Waals surface area contributed by atoms with E-state index in [1.165, 1.54) is 16.9 Å². The van der Waals surface area contributed by atoms with Gasteiger partial charge in [0.05, 0.1) is 0 Å². The van der Waals surface area contributed by atoms with Gasteiger partial charge in [0.15, 0.2) is 0 Å². The van der Waals surface area contributed by atoms with Crippen molar-refractivity contribution >= 4 is 43.0 Å². The predicted octanol–water partition coefficient (Wildman–Crippen LogP) is 4.78. The van der Waals surface area contributed by atoms with E-state index in [9.17, 15) is 8.42 Å².